The molecule has 1 aromatic carbocycles. The molecule has 2 aromatic heterocycles. The van der Waals surface area contributed by atoms with E-state index in [1.54, 1.807) is 6.92 Å². The second-order valence-corrected chi connectivity index (χ2v) is 5.43. The summed E-state index contributed by atoms with van der Waals surface area (Å²) in [7, 11) is 0. The van der Waals surface area contributed by atoms with Crippen LogP contribution in [0.2, 0.25) is 0 Å². The summed E-state index contributed by atoms with van der Waals surface area (Å²) < 4.78 is 5.31. The third kappa shape index (κ3) is 2.09. The normalized spacial score (nSPS) is 12.7. The zero-order valence-electron chi connectivity index (χ0n) is 12.8. The monoisotopic (exact) mass is 298 g/mol. The molecule has 22 heavy (non-hydrogen) atoms. The number of rotatable bonds is 4. The standard InChI is InChI=1S/C17H18N2O3/c1-4-12-15(10(3)22-19-12)16-14(9(2)17(20)21)11-7-5-6-8-13(11)18-16/h5-9,18H,4H2,1-3H3,(H,20,21). The first-order valence-corrected chi connectivity index (χ1v) is 7.33. The molecule has 5 heteroatoms. The van der Waals surface area contributed by atoms with Gasteiger partial charge in [-0.25, -0.2) is 0 Å². The van der Waals surface area contributed by atoms with Crippen molar-refractivity contribution < 1.29 is 14.4 Å². The molecule has 3 rings (SSSR count). The number of carbonyl (C=O) groups is 1. The predicted octanol–water partition coefficient (Wildman–Crippen LogP) is 3.88. The topological polar surface area (TPSA) is 79.1 Å². The number of hydrogen-bond acceptors (Lipinski definition) is 3. The highest BCUT2D eigenvalue weighted by molar-refractivity contribution is 5.96. The SMILES string of the molecule is CCc1noc(C)c1-c1[nH]c2ccccc2c1C(C)C(=O)O. The summed E-state index contributed by atoms with van der Waals surface area (Å²) in [5.41, 5.74) is 4.21. The number of para-hydroxylation sites is 1. The average Bonchev–Trinajstić information content (AvgIpc) is 3.05. The third-order valence-electron chi connectivity index (χ3n) is 4.07. The second-order valence-electron chi connectivity index (χ2n) is 5.43. The van der Waals surface area contributed by atoms with Gasteiger partial charge in [0.25, 0.3) is 0 Å². The van der Waals surface area contributed by atoms with Crippen LogP contribution in [0.4, 0.5) is 0 Å². The molecule has 2 N–H and O–H groups in total. The van der Waals surface area contributed by atoms with E-state index in [1.807, 2.05) is 38.1 Å². The lowest BCUT2D eigenvalue weighted by Crippen LogP contribution is -2.08. The zero-order valence-corrected chi connectivity index (χ0v) is 12.8. The van der Waals surface area contributed by atoms with Crippen LogP contribution in [0.15, 0.2) is 28.8 Å². The number of hydrogen-bond donors (Lipinski definition) is 2. The van der Waals surface area contributed by atoms with E-state index >= 15 is 0 Å². The van der Waals surface area contributed by atoms with Crippen molar-refractivity contribution in [2.45, 2.75) is 33.1 Å². The molecule has 1 unspecified atom stereocenters. The van der Waals surface area contributed by atoms with Crippen molar-refractivity contribution in [1.82, 2.24) is 10.1 Å². The maximum atomic E-state index is 11.5. The number of nitrogens with zero attached hydrogens (tertiary/aromatic N) is 1. The summed E-state index contributed by atoms with van der Waals surface area (Å²) in [6, 6.07) is 7.74. The van der Waals surface area contributed by atoms with Gasteiger partial charge in [-0.15, -0.1) is 0 Å². The Morgan fingerprint density at radius 3 is 2.82 bits per heavy atom. The van der Waals surface area contributed by atoms with Gasteiger partial charge in [-0.1, -0.05) is 30.3 Å². The van der Waals surface area contributed by atoms with Gasteiger partial charge in [-0.3, -0.25) is 4.79 Å². The molecule has 0 bridgehead atoms. The summed E-state index contributed by atoms with van der Waals surface area (Å²) in [6.07, 6.45) is 0.725. The summed E-state index contributed by atoms with van der Waals surface area (Å²) in [5.74, 6) is -0.773. The number of aromatic amines is 1. The maximum absolute atomic E-state index is 11.5. The van der Waals surface area contributed by atoms with Gasteiger partial charge in [0.05, 0.1) is 22.9 Å². The highest BCUT2D eigenvalue weighted by atomic mass is 16.5. The molecule has 3 aromatic rings. The fourth-order valence-electron chi connectivity index (χ4n) is 2.91. The van der Waals surface area contributed by atoms with E-state index in [9.17, 15) is 9.90 Å². The van der Waals surface area contributed by atoms with E-state index in [2.05, 4.69) is 10.1 Å². The van der Waals surface area contributed by atoms with Crippen molar-refractivity contribution in [3.63, 3.8) is 0 Å². The van der Waals surface area contributed by atoms with Crippen LogP contribution in [0.5, 0.6) is 0 Å². The molecule has 0 aliphatic heterocycles. The smallest absolute Gasteiger partial charge is 0.310 e. The van der Waals surface area contributed by atoms with E-state index in [-0.39, 0.29) is 0 Å². The molecule has 0 radical (unpaired) electrons. The van der Waals surface area contributed by atoms with Crippen LogP contribution in [0, 0.1) is 6.92 Å². The zero-order chi connectivity index (χ0) is 15.9. The van der Waals surface area contributed by atoms with Gasteiger partial charge in [0.1, 0.15) is 5.76 Å². The molecular weight excluding hydrogens is 280 g/mol. The number of carboxylic acid groups (broad SMARTS) is 1. The van der Waals surface area contributed by atoms with Crippen LogP contribution >= 0.6 is 0 Å². The Labute approximate surface area is 127 Å². The van der Waals surface area contributed by atoms with Crippen molar-refractivity contribution in [2.24, 2.45) is 0 Å². The first kappa shape index (κ1) is 14.4. The minimum Gasteiger partial charge on any atom is -0.481 e. The number of aromatic nitrogens is 2. The minimum absolute atomic E-state index is 0.620. The molecule has 114 valence electrons. The second kappa shape index (κ2) is 5.33. The number of H-pyrrole nitrogens is 1. The van der Waals surface area contributed by atoms with Crippen LogP contribution in [0.25, 0.3) is 22.2 Å². The van der Waals surface area contributed by atoms with Crippen LogP contribution in [-0.4, -0.2) is 21.2 Å². The lowest BCUT2D eigenvalue weighted by molar-refractivity contribution is -0.138. The van der Waals surface area contributed by atoms with Crippen molar-refractivity contribution in [2.75, 3.05) is 0 Å². The molecule has 0 amide bonds. The van der Waals surface area contributed by atoms with E-state index in [0.29, 0.717) is 5.76 Å². The Morgan fingerprint density at radius 2 is 2.14 bits per heavy atom. The van der Waals surface area contributed by atoms with Crippen molar-refractivity contribution in [3.05, 3.63) is 41.3 Å². The number of nitrogens with one attached hydrogen (secondary N) is 1. The summed E-state index contributed by atoms with van der Waals surface area (Å²) in [5, 5.41) is 14.5. The molecule has 0 fully saturated rings. The fourth-order valence-corrected chi connectivity index (χ4v) is 2.91. The van der Waals surface area contributed by atoms with Gasteiger partial charge in [-0.2, -0.15) is 0 Å². The van der Waals surface area contributed by atoms with Gasteiger partial charge in [0.2, 0.25) is 0 Å². The largest absolute Gasteiger partial charge is 0.481 e. The summed E-state index contributed by atoms with van der Waals surface area (Å²) >= 11 is 0. The molecule has 2 heterocycles. The fraction of sp³-hybridized carbons (Fsp3) is 0.294. The number of aliphatic carboxylic acids is 1. The van der Waals surface area contributed by atoms with Gasteiger partial charge in [0.15, 0.2) is 0 Å². The molecule has 0 saturated carbocycles. The number of aryl methyl sites for hydroxylation is 2. The minimum atomic E-state index is -0.849. The van der Waals surface area contributed by atoms with Crippen molar-refractivity contribution in [3.8, 4) is 11.3 Å². The molecule has 5 nitrogen and oxygen atoms in total. The van der Waals surface area contributed by atoms with Crippen LogP contribution in [-0.2, 0) is 11.2 Å². The lowest BCUT2D eigenvalue weighted by Gasteiger charge is -2.09. The molecule has 0 aliphatic rings. The Morgan fingerprint density at radius 1 is 1.41 bits per heavy atom. The third-order valence-corrected chi connectivity index (χ3v) is 4.07. The van der Waals surface area contributed by atoms with Gasteiger partial charge in [0, 0.05) is 10.9 Å². The quantitative estimate of drug-likeness (QED) is 0.766. The average molecular weight is 298 g/mol. The van der Waals surface area contributed by atoms with Crippen molar-refractivity contribution in [1.29, 1.82) is 0 Å². The van der Waals surface area contributed by atoms with E-state index in [1.165, 1.54) is 0 Å². The molecule has 0 aliphatic carbocycles. The number of carboxylic acids is 1. The van der Waals surface area contributed by atoms with E-state index in [4.69, 9.17) is 4.52 Å². The van der Waals surface area contributed by atoms with Crippen LogP contribution in [0.1, 0.15) is 36.8 Å². The molecule has 0 saturated heterocycles. The van der Waals surface area contributed by atoms with Crippen LogP contribution in [0.3, 0.4) is 0 Å². The Bertz CT molecular complexity index is 845. The Hall–Kier alpha value is -2.56. The first-order chi connectivity index (χ1) is 10.5. The van der Waals surface area contributed by atoms with Gasteiger partial charge >= 0.3 is 5.97 Å². The van der Waals surface area contributed by atoms with Gasteiger partial charge < -0.3 is 14.6 Å². The number of benzene rings is 1. The highest BCUT2D eigenvalue weighted by Crippen LogP contribution is 2.38. The Balaban J connectivity index is 2.36. The molecule has 1 atom stereocenters. The van der Waals surface area contributed by atoms with Crippen LogP contribution < -0.4 is 0 Å². The number of fused-ring (bicyclic) bond motifs is 1. The summed E-state index contributed by atoms with van der Waals surface area (Å²) in [6.45, 7) is 5.56. The lowest BCUT2D eigenvalue weighted by atomic mass is 9.94. The van der Waals surface area contributed by atoms with Gasteiger partial charge in [-0.05, 0) is 31.9 Å². The van der Waals surface area contributed by atoms with E-state index < -0.39 is 11.9 Å². The summed E-state index contributed by atoms with van der Waals surface area (Å²) in [4.78, 5) is 14.9. The van der Waals surface area contributed by atoms with E-state index in [0.717, 1.165) is 39.8 Å². The first-order valence-electron chi connectivity index (χ1n) is 7.33. The molecular formula is C17H18N2O3. The molecule has 0 spiro atoms. The maximum Gasteiger partial charge on any atom is 0.310 e. The van der Waals surface area contributed by atoms with Crippen molar-refractivity contribution >= 4 is 16.9 Å². The highest BCUT2D eigenvalue weighted by Gasteiger charge is 2.26. The predicted molar refractivity (Wildman–Crippen MR) is 84.0 cm³/mol. The Kier molecular flexibility index (Phi) is 3.48.